The smallest absolute Gasteiger partial charge is 0.167 e. The normalized spacial score (nSPS) is 22.9. The van der Waals surface area contributed by atoms with E-state index in [2.05, 4.69) is 25.2 Å². The van der Waals surface area contributed by atoms with Gasteiger partial charge in [0.1, 0.15) is 0 Å². The van der Waals surface area contributed by atoms with E-state index in [0.717, 1.165) is 25.1 Å². The first-order valence-electron chi connectivity index (χ1n) is 7.08. The van der Waals surface area contributed by atoms with E-state index < -0.39 is 0 Å². The van der Waals surface area contributed by atoms with Gasteiger partial charge >= 0.3 is 0 Å². The number of ketones is 1. The Morgan fingerprint density at radius 1 is 1.33 bits per heavy atom. The van der Waals surface area contributed by atoms with Crippen LogP contribution in [0.1, 0.15) is 54.9 Å². The van der Waals surface area contributed by atoms with Crippen LogP contribution in [-0.4, -0.2) is 18.9 Å². The Morgan fingerprint density at radius 3 is 2.89 bits per heavy atom. The number of fused-ring (bicyclic) bond motifs is 1. The van der Waals surface area contributed by atoms with Gasteiger partial charge in [-0.1, -0.05) is 44.5 Å². The predicted octanol–water partition coefficient (Wildman–Crippen LogP) is 3.38. The topological polar surface area (TPSA) is 29.1 Å². The minimum absolute atomic E-state index is 0.159. The molecule has 1 N–H and O–H groups in total. The standard InChI is InChI=1S/C16H23NO/c1-3-4-9-17-11-13-10-12(2)14-7-5-6-8-15(14)16(13)18/h5-8,12-13,17H,3-4,9-11H2,1-2H3/t12-,13+/m1/s1. The van der Waals surface area contributed by atoms with Crippen molar-refractivity contribution in [3.05, 3.63) is 35.4 Å². The lowest BCUT2D eigenvalue weighted by atomic mass is 9.77. The fourth-order valence-electron chi connectivity index (χ4n) is 2.79. The number of unbranched alkanes of at least 4 members (excludes halogenated alkanes) is 1. The summed E-state index contributed by atoms with van der Waals surface area (Å²) in [5, 5.41) is 3.42. The summed E-state index contributed by atoms with van der Waals surface area (Å²) < 4.78 is 0. The Bertz CT molecular complexity index is 413. The van der Waals surface area contributed by atoms with Crippen molar-refractivity contribution in [1.82, 2.24) is 5.32 Å². The van der Waals surface area contributed by atoms with Crippen molar-refractivity contribution in [2.45, 2.75) is 39.0 Å². The summed E-state index contributed by atoms with van der Waals surface area (Å²) in [5.41, 5.74) is 2.17. The monoisotopic (exact) mass is 245 g/mol. The summed E-state index contributed by atoms with van der Waals surface area (Å²) in [7, 11) is 0. The Kier molecular flexibility index (Phi) is 4.54. The molecule has 2 heteroatoms. The molecule has 0 radical (unpaired) electrons. The second kappa shape index (κ2) is 6.14. The van der Waals surface area contributed by atoms with E-state index >= 15 is 0 Å². The van der Waals surface area contributed by atoms with Crippen molar-refractivity contribution < 1.29 is 4.79 Å². The van der Waals surface area contributed by atoms with Gasteiger partial charge in [-0.15, -0.1) is 0 Å². The Hall–Kier alpha value is -1.15. The van der Waals surface area contributed by atoms with Crippen molar-refractivity contribution in [2.24, 2.45) is 5.92 Å². The first-order valence-corrected chi connectivity index (χ1v) is 7.08. The van der Waals surface area contributed by atoms with Gasteiger partial charge in [0.2, 0.25) is 0 Å². The summed E-state index contributed by atoms with van der Waals surface area (Å²) in [4.78, 5) is 12.4. The van der Waals surface area contributed by atoms with E-state index in [4.69, 9.17) is 0 Å². The van der Waals surface area contributed by atoms with Gasteiger partial charge in [-0.2, -0.15) is 0 Å². The maximum atomic E-state index is 12.4. The molecule has 98 valence electrons. The van der Waals surface area contributed by atoms with Crippen LogP contribution in [0.5, 0.6) is 0 Å². The number of Topliss-reactive ketones (excluding diaryl/α,β-unsaturated/α-hetero) is 1. The molecule has 18 heavy (non-hydrogen) atoms. The maximum Gasteiger partial charge on any atom is 0.167 e. The molecule has 2 rings (SSSR count). The molecule has 0 heterocycles. The van der Waals surface area contributed by atoms with Gasteiger partial charge < -0.3 is 5.32 Å². The number of hydrogen-bond acceptors (Lipinski definition) is 2. The largest absolute Gasteiger partial charge is 0.316 e. The number of rotatable bonds is 5. The molecule has 2 nitrogen and oxygen atoms in total. The van der Waals surface area contributed by atoms with Crippen LogP contribution in [0, 0.1) is 5.92 Å². The number of benzene rings is 1. The number of carbonyl (C=O) groups excluding carboxylic acids is 1. The highest BCUT2D eigenvalue weighted by atomic mass is 16.1. The van der Waals surface area contributed by atoms with Crippen LogP contribution in [0.2, 0.25) is 0 Å². The van der Waals surface area contributed by atoms with Crippen LogP contribution >= 0.6 is 0 Å². The molecule has 0 saturated heterocycles. The quantitative estimate of drug-likeness (QED) is 0.806. The van der Waals surface area contributed by atoms with Gasteiger partial charge in [-0.05, 0) is 30.9 Å². The fourth-order valence-corrected chi connectivity index (χ4v) is 2.79. The minimum Gasteiger partial charge on any atom is -0.316 e. The zero-order chi connectivity index (χ0) is 13.0. The molecule has 1 aliphatic carbocycles. The summed E-state index contributed by atoms with van der Waals surface area (Å²) >= 11 is 0. The van der Waals surface area contributed by atoms with E-state index in [1.54, 1.807) is 0 Å². The Labute approximate surface area is 110 Å². The average Bonchev–Trinajstić information content (AvgIpc) is 2.40. The van der Waals surface area contributed by atoms with Crippen LogP contribution < -0.4 is 5.32 Å². The van der Waals surface area contributed by atoms with E-state index in [9.17, 15) is 4.79 Å². The molecule has 0 amide bonds. The van der Waals surface area contributed by atoms with Crippen LogP contribution in [0.15, 0.2) is 24.3 Å². The zero-order valence-electron chi connectivity index (χ0n) is 11.4. The molecule has 1 aliphatic rings. The first-order chi connectivity index (χ1) is 8.74. The van der Waals surface area contributed by atoms with Gasteiger partial charge in [0, 0.05) is 18.0 Å². The van der Waals surface area contributed by atoms with E-state index in [-0.39, 0.29) is 5.92 Å². The number of nitrogens with one attached hydrogen (secondary N) is 1. The van der Waals surface area contributed by atoms with Gasteiger partial charge in [-0.3, -0.25) is 4.79 Å². The van der Waals surface area contributed by atoms with Crippen LogP contribution in [-0.2, 0) is 0 Å². The average molecular weight is 245 g/mol. The van der Waals surface area contributed by atoms with E-state index in [1.807, 2.05) is 18.2 Å². The van der Waals surface area contributed by atoms with Crippen molar-refractivity contribution in [3.8, 4) is 0 Å². The van der Waals surface area contributed by atoms with Gasteiger partial charge in [0.25, 0.3) is 0 Å². The molecule has 0 unspecified atom stereocenters. The van der Waals surface area contributed by atoms with E-state index in [1.165, 1.54) is 18.4 Å². The number of carbonyl (C=O) groups is 1. The third-order valence-corrected chi connectivity index (χ3v) is 3.86. The van der Waals surface area contributed by atoms with Gasteiger partial charge in [-0.25, -0.2) is 0 Å². The SMILES string of the molecule is CCCCNC[C@@H]1C[C@@H](C)c2ccccc2C1=O. The summed E-state index contributed by atoms with van der Waals surface area (Å²) in [6, 6.07) is 8.07. The summed E-state index contributed by atoms with van der Waals surface area (Å²) in [6.07, 6.45) is 3.37. The second-order valence-corrected chi connectivity index (χ2v) is 5.34. The molecule has 2 atom stereocenters. The number of hydrogen-bond donors (Lipinski definition) is 1. The molecule has 1 aromatic carbocycles. The van der Waals surface area contributed by atoms with Crippen molar-refractivity contribution in [2.75, 3.05) is 13.1 Å². The fraction of sp³-hybridized carbons (Fsp3) is 0.562. The van der Waals surface area contributed by atoms with Gasteiger partial charge in [0.05, 0.1) is 0 Å². The highest BCUT2D eigenvalue weighted by Crippen LogP contribution is 2.33. The van der Waals surface area contributed by atoms with Crippen LogP contribution in [0.3, 0.4) is 0 Å². The van der Waals surface area contributed by atoms with Crippen molar-refractivity contribution >= 4 is 5.78 Å². The third kappa shape index (κ3) is 2.81. The zero-order valence-corrected chi connectivity index (χ0v) is 11.4. The predicted molar refractivity (Wildman–Crippen MR) is 75.1 cm³/mol. The second-order valence-electron chi connectivity index (χ2n) is 5.34. The highest BCUT2D eigenvalue weighted by Gasteiger charge is 2.30. The summed E-state index contributed by atoms with van der Waals surface area (Å²) in [5.74, 6) is 0.983. The third-order valence-electron chi connectivity index (χ3n) is 3.86. The first kappa shape index (κ1) is 13.3. The molecule has 0 aliphatic heterocycles. The lowest BCUT2D eigenvalue weighted by Gasteiger charge is -2.28. The van der Waals surface area contributed by atoms with Gasteiger partial charge in [0.15, 0.2) is 5.78 Å². The van der Waals surface area contributed by atoms with Crippen molar-refractivity contribution in [1.29, 1.82) is 0 Å². The summed E-state index contributed by atoms with van der Waals surface area (Å²) in [6.45, 7) is 6.27. The Balaban J connectivity index is 2.02. The molecular formula is C16H23NO. The molecule has 0 aromatic heterocycles. The maximum absolute atomic E-state index is 12.4. The Morgan fingerprint density at radius 2 is 2.11 bits per heavy atom. The molecule has 0 spiro atoms. The molecule has 0 fully saturated rings. The lowest BCUT2D eigenvalue weighted by molar-refractivity contribution is 0.0893. The highest BCUT2D eigenvalue weighted by molar-refractivity contribution is 6.00. The minimum atomic E-state index is 0.159. The molecule has 0 saturated carbocycles. The van der Waals surface area contributed by atoms with E-state index in [0.29, 0.717) is 11.7 Å². The lowest BCUT2D eigenvalue weighted by Crippen LogP contribution is -2.33. The molecular weight excluding hydrogens is 222 g/mol. The molecule has 0 bridgehead atoms. The van der Waals surface area contributed by atoms with Crippen molar-refractivity contribution in [3.63, 3.8) is 0 Å². The van der Waals surface area contributed by atoms with Crippen LogP contribution in [0.4, 0.5) is 0 Å². The molecule has 1 aromatic rings. The van der Waals surface area contributed by atoms with Crippen LogP contribution in [0.25, 0.3) is 0 Å².